The lowest BCUT2D eigenvalue weighted by atomic mass is 10.2. The lowest BCUT2D eigenvalue weighted by molar-refractivity contribution is 0.0718. The van der Waals surface area contributed by atoms with E-state index in [9.17, 15) is 0 Å². The first-order valence-electron chi connectivity index (χ1n) is 6.49. The zero-order valence-electron chi connectivity index (χ0n) is 11.2. The van der Waals surface area contributed by atoms with E-state index in [4.69, 9.17) is 14.3 Å². The molecule has 104 valence electrons. The lowest BCUT2D eigenvalue weighted by Gasteiger charge is -1.98. The quantitative estimate of drug-likeness (QED) is 0.724. The van der Waals surface area contributed by atoms with Crippen molar-refractivity contribution in [2.45, 2.75) is 6.61 Å². The second kappa shape index (κ2) is 5.48. The molecule has 0 radical (unpaired) electrons. The molecule has 0 saturated heterocycles. The van der Waals surface area contributed by atoms with Gasteiger partial charge in [0.25, 0.3) is 0 Å². The van der Waals surface area contributed by atoms with Crippen molar-refractivity contribution in [2.75, 3.05) is 13.2 Å². The summed E-state index contributed by atoms with van der Waals surface area (Å²) >= 11 is 0. The van der Waals surface area contributed by atoms with E-state index in [1.165, 1.54) is 0 Å². The smallest absolute Gasteiger partial charge is 0.155 e. The van der Waals surface area contributed by atoms with Crippen LogP contribution in [-0.2, 0) is 18.4 Å². The van der Waals surface area contributed by atoms with Crippen LogP contribution in [0.2, 0.25) is 0 Å². The van der Waals surface area contributed by atoms with Gasteiger partial charge >= 0.3 is 0 Å². The number of ether oxygens (including phenoxy) is 1. The summed E-state index contributed by atoms with van der Waals surface area (Å²) in [6, 6.07) is 11.8. The number of rotatable bonds is 5. The molecule has 0 unspecified atom stereocenters. The molecule has 0 amide bonds. The summed E-state index contributed by atoms with van der Waals surface area (Å²) in [5, 5.41) is 14.3. The molecule has 1 N–H and O–H groups in total. The summed E-state index contributed by atoms with van der Waals surface area (Å²) in [6.07, 6.45) is 0. The predicted molar refractivity (Wildman–Crippen MR) is 75.2 cm³/mol. The molecule has 3 rings (SSSR count). The molecule has 1 aromatic carbocycles. The topological polar surface area (TPSA) is 60.4 Å². The zero-order chi connectivity index (χ0) is 13.9. The fourth-order valence-electron chi connectivity index (χ4n) is 2.22. The molecule has 0 aliphatic heterocycles. The second-order valence-corrected chi connectivity index (χ2v) is 4.53. The first kappa shape index (κ1) is 12.9. The molecule has 2 heterocycles. The van der Waals surface area contributed by atoms with Gasteiger partial charge in [-0.3, -0.25) is 4.68 Å². The van der Waals surface area contributed by atoms with Crippen molar-refractivity contribution in [1.29, 1.82) is 0 Å². The van der Waals surface area contributed by atoms with Crippen LogP contribution in [0.15, 0.2) is 40.8 Å². The molecule has 0 bridgehead atoms. The summed E-state index contributed by atoms with van der Waals surface area (Å²) in [6.45, 7) is 0.673. The third kappa shape index (κ3) is 2.33. The highest BCUT2D eigenvalue weighted by Crippen LogP contribution is 2.28. The van der Waals surface area contributed by atoms with E-state index in [1.807, 2.05) is 48.1 Å². The molecule has 0 atom stereocenters. The van der Waals surface area contributed by atoms with Gasteiger partial charge in [-0.2, -0.15) is 5.10 Å². The Labute approximate surface area is 116 Å². The standard InChI is InChI=1S/C15H16N2O3/c1-17-13-5-3-2-4-12(13)15(16-17)14-7-6-11(20-14)10-19-9-8-18/h2-7,18H,8-10H2,1H3. The monoisotopic (exact) mass is 272 g/mol. The summed E-state index contributed by atoms with van der Waals surface area (Å²) in [4.78, 5) is 0. The van der Waals surface area contributed by atoms with Gasteiger partial charge in [0.15, 0.2) is 5.76 Å². The lowest BCUT2D eigenvalue weighted by Crippen LogP contribution is -1.98. The third-order valence-electron chi connectivity index (χ3n) is 3.13. The van der Waals surface area contributed by atoms with E-state index in [-0.39, 0.29) is 6.61 Å². The van der Waals surface area contributed by atoms with Gasteiger partial charge in [0.2, 0.25) is 0 Å². The van der Waals surface area contributed by atoms with E-state index in [0.29, 0.717) is 13.2 Å². The number of nitrogens with zero attached hydrogens (tertiary/aromatic N) is 2. The molecule has 0 aliphatic carbocycles. The Kier molecular flexibility index (Phi) is 3.54. The van der Waals surface area contributed by atoms with Gasteiger partial charge in [-0.05, 0) is 18.2 Å². The molecule has 0 aliphatic rings. The number of aryl methyl sites for hydroxylation is 1. The van der Waals surface area contributed by atoms with Crippen molar-refractivity contribution >= 4 is 10.9 Å². The minimum absolute atomic E-state index is 0.0123. The van der Waals surface area contributed by atoms with Crippen LogP contribution in [0.3, 0.4) is 0 Å². The maximum atomic E-state index is 8.68. The summed E-state index contributed by atoms with van der Waals surface area (Å²) < 4.78 is 12.8. The van der Waals surface area contributed by atoms with Gasteiger partial charge in [-0.1, -0.05) is 18.2 Å². The maximum absolute atomic E-state index is 8.68. The van der Waals surface area contributed by atoms with Crippen LogP contribution >= 0.6 is 0 Å². The summed E-state index contributed by atoms with van der Waals surface area (Å²) in [5.41, 5.74) is 1.90. The van der Waals surface area contributed by atoms with Crippen molar-refractivity contribution < 1.29 is 14.3 Å². The number of furan rings is 1. The van der Waals surface area contributed by atoms with Crippen LogP contribution in [0.25, 0.3) is 22.4 Å². The number of hydrogen-bond acceptors (Lipinski definition) is 4. The van der Waals surface area contributed by atoms with E-state index in [0.717, 1.165) is 28.1 Å². The SMILES string of the molecule is Cn1nc(-c2ccc(COCCO)o2)c2ccccc21. The Balaban J connectivity index is 1.91. The Morgan fingerprint density at radius 3 is 2.95 bits per heavy atom. The highest BCUT2D eigenvalue weighted by atomic mass is 16.5. The van der Waals surface area contributed by atoms with Gasteiger partial charge < -0.3 is 14.3 Å². The molecular formula is C15H16N2O3. The van der Waals surface area contributed by atoms with Crippen LogP contribution in [0.1, 0.15) is 5.76 Å². The highest BCUT2D eigenvalue weighted by molar-refractivity contribution is 5.91. The molecule has 20 heavy (non-hydrogen) atoms. The van der Waals surface area contributed by atoms with E-state index >= 15 is 0 Å². The van der Waals surface area contributed by atoms with Gasteiger partial charge in [0.1, 0.15) is 18.1 Å². The van der Waals surface area contributed by atoms with Gasteiger partial charge in [0, 0.05) is 12.4 Å². The number of fused-ring (bicyclic) bond motifs is 1. The number of para-hydroxylation sites is 1. The Morgan fingerprint density at radius 2 is 2.10 bits per heavy atom. The van der Waals surface area contributed by atoms with Crippen LogP contribution < -0.4 is 0 Å². The summed E-state index contributed by atoms with van der Waals surface area (Å²) in [7, 11) is 1.92. The van der Waals surface area contributed by atoms with Crippen LogP contribution in [0, 0.1) is 0 Å². The highest BCUT2D eigenvalue weighted by Gasteiger charge is 2.13. The number of aliphatic hydroxyl groups is 1. The van der Waals surface area contributed by atoms with Crippen molar-refractivity contribution in [1.82, 2.24) is 9.78 Å². The first-order valence-corrected chi connectivity index (χ1v) is 6.49. The van der Waals surface area contributed by atoms with Gasteiger partial charge in [-0.25, -0.2) is 0 Å². The minimum atomic E-state index is 0.0123. The number of aliphatic hydroxyl groups excluding tert-OH is 1. The van der Waals surface area contributed by atoms with Crippen molar-refractivity contribution in [3.63, 3.8) is 0 Å². The molecule has 5 heteroatoms. The summed E-state index contributed by atoms with van der Waals surface area (Å²) in [5.74, 6) is 1.45. The maximum Gasteiger partial charge on any atom is 0.155 e. The number of hydrogen-bond donors (Lipinski definition) is 1. The van der Waals surface area contributed by atoms with Gasteiger partial charge in [0.05, 0.1) is 18.7 Å². The predicted octanol–water partition coefficient (Wildman–Crippen LogP) is 2.34. The van der Waals surface area contributed by atoms with Crippen LogP contribution in [0.5, 0.6) is 0 Å². The normalized spacial score (nSPS) is 11.3. The number of aromatic nitrogens is 2. The Morgan fingerprint density at radius 1 is 1.25 bits per heavy atom. The number of benzene rings is 1. The average molecular weight is 272 g/mol. The first-order chi connectivity index (χ1) is 9.79. The Bertz CT molecular complexity index is 715. The average Bonchev–Trinajstić information content (AvgIpc) is 3.05. The van der Waals surface area contributed by atoms with Crippen molar-refractivity contribution in [3.8, 4) is 11.5 Å². The van der Waals surface area contributed by atoms with Crippen LogP contribution in [0.4, 0.5) is 0 Å². The third-order valence-corrected chi connectivity index (χ3v) is 3.13. The largest absolute Gasteiger partial charge is 0.457 e. The molecule has 3 aromatic rings. The van der Waals surface area contributed by atoms with Crippen molar-refractivity contribution in [2.24, 2.45) is 7.05 Å². The molecule has 0 saturated carbocycles. The zero-order valence-corrected chi connectivity index (χ0v) is 11.2. The van der Waals surface area contributed by atoms with E-state index in [1.54, 1.807) is 0 Å². The van der Waals surface area contributed by atoms with Crippen molar-refractivity contribution in [3.05, 3.63) is 42.2 Å². The van der Waals surface area contributed by atoms with E-state index in [2.05, 4.69) is 5.10 Å². The minimum Gasteiger partial charge on any atom is -0.457 e. The molecule has 0 spiro atoms. The molecule has 0 fully saturated rings. The molecule has 2 aromatic heterocycles. The Hall–Kier alpha value is -2.11. The fraction of sp³-hybridized carbons (Fsp3) is 0.267. The van der Waals surface area contributed by atoms with E-state index < -0.39 is 0 Å². The molecular weight excluding hydrogens is 256 g/mol. The van der Waals surface area contributed by atoms with Gasteiger partial charge in [-0.15, -0.1) is 0 Å². The fourth-order valence-corrected chi connectivity index (χ4v) is 2.22. The molecule has 5 nitrogen and oxygen atoms in total. The van der Waals surface area contributed by atoms with Crippen LogP contribution in [-0.4, -0.2) is 28.1 Å². The second-order valence-electron chi connectivity index (χ2n) is 4.53.